The van der Waals surface area contributed by atoms with E-state index in [2.05, 4.69) is 23.7 Å². The molecule has 0 spiro atoms. The fraction of sp³-hybridized carbons (Fsp3) is 0.533. The number of aliphatic imine (C=N–C) groups is 1. The average Bonchev–Trinajstić information content (AvgIpc) is 2.66. The zero-order valence-electron chi connectivity index (χ0n) is 11.4. The molecule has 2 atom stereocenters. The van der Waals surface area contributed by atoms with Crippen LogP contribution in [0.3, 0.4) is 0 Å². The number of benzene rings is 1. The van der Waals surface area contributed by atoms with E-state index in [4.69, 9.17) is 23.2 Å². The van der Waals surface area contributed by atoms with E-state index >= 15 is 0 Å². The molecule has 2 nitrogen and oxygen atoms in total. The highest BCUT2D eigenvalue weighted by Gasteiger charge is 2.31. The first-order valence-electron chi connectivity index (χ1n) is 6.84. The molecule has 1 aliphatic rings. The van der Waals surface area contributed by atoms with Gasteiger partial charge in [-0.2, -0.15) is 0 Å². The van der Waals surface area contributed by atoms with Crippen molar-refractivity contribution in [2.24, 2.45) is 4.99 Å². The Hall–Kier alpha value is -0.730. The van der Waals surface area contributed by atoms with E-state index in [1.807, 2.05) is 24.3 Å². The summed E-state index contributed by atoms with van der Waals surface area (Å²) in [4.78, 5) is 6.87. The minimum atomic E-state index is -0.0665. The Morgan fingerprint density at radius 1 is 1.32 bits per heavy atom. The number of rotatable bonds is 5. The van der Waals surface area contributed by atoms with Crippen LogP contribution in [-0.4, -0.2) is 22.3 Å². The van der Waals surface area contributed by atoms with Gasteiger partial charge in [-0.1, -0.05) is 54.7 Å². The lowest BCUT2D eigenvalue weighted by atomic mass is 10.2. The highest BCUT2D eigenvalue weighted by molar-refractivity contribution is 6.31. The minimum absolute atomic E-state index is 0.0665. The molecule has 4 heteroatoms. The van der Waals surface area contributed by atoms with E-state index in [1.54, 1.807) is 0 Å². The quantitative estimate of drug-likeness (QED) is 0.568. The summed E-state index contributed by atoms with van der Waals surface area (Å²) in [5.41, 5.74) is 1.04. The van der Waals surface area contributed by atoms with E-state index in [9.17, 15) is 0 Å². The van der Waals surface area contributed by atoms with Crippen molar-refractivity contribution < 1.29 is 0 Å². The van der Waals surface area contributed by atoms with Gasteiger partial charge in [0.1, 0.15) is 11.3 Å². The summed E-state index contributed by atoms with van der Waals surface area (Å²) >= 11 is 12.7. The van der Waals surface area contributed by atoms with Gasteiger partial charge in [-0.25, -0.2) is 0 Å². The molecule has 0 saturated carbocycles. The van der Waals surface area contributed by atoms with Crippen LogP contribution in [0.15, 0.2) is 29.3 Å². The molecule has 0 saturated heterocycles. The second-order valence-electron chi connectivity index (χ2n) is 4.98. The Kier molecular flexibility index (Phi) is 5.12. The molecule has 1 aliphatic heterocycles. The number of hydrogen-bond acceptors (Lipinski definition) is 2. The van der Waals surface area contributed by atoms with Crippen molar-refractivity contribution in [1.29, 1.82) is 0 Å². The number of unbranched alkanes of at least 4 members (excludes halogenated alkanes) is 1. The first-order chi connectivity index (χ1) is 9.13. The summed E-state index contributed by atoms with van der Waals surface area (Å²) in [5, 5.41) is 0.792. The number of halogens is 2. The Morgan fingerprint density at radius 3 is 2.74 bits per heavy atom. The van der Waals surface area contributed by atoms with Crippen molar-refractivity contribution in [3.8, 4) is 0 Å². The Bertz CT molecular complexity index is 459. The standard InChI is InChI=1S/C15H20Cl2N2/c1-3-4-9-14-18-11(2)15(17)19(14)10-12-7-5-6-8-13(12)16/h5-8,11,15H,3-4,9-10H2,1-2H3. The van der Waals surface area contributed by atoms with Gasteiger partial charge in [0.2, 0.25) is 0 Å². The summed E-state index contributed by atoms with van der Waals surface area (Å²) in [6.07, 6.45) is 3.31. The molecule has 0 N–H and O–H groups in total. The monoisotopic (exact) mass is 298 g/mol. The molecule has 0 fully saturated rings. The summed E-state index contributed by atoms with van der Waals surface area (Å²) in [5.74, 6) is 1.12. The van der Waals surface area contributed by atoms with Crippen LogP contribution in [0.5, 0.6) is 0 Å². The van der Waals surface area contributed by atoms with Crippen molar-refractivity contribution in [1.82, 2.24) is 4.90 Å². The van der Waals surface area contributed by atoms with Crippen molar-refractivity contribution >= 4 is 29.0 Å². The van der Waals surface area contributed by atoms with Gasteiger partial charge in [-0.15, -0.1) is 0 Å². The largest absolute Gasteiger partial charge is 0.337 e. The first kappa shape index (κ1) is 14.7. The maximum absolute atomic E-state index is 6.47. The molecule has 0 aromatic heterocycles. The van der Waals surface area contributed by atoms with Crippen molar-refractivity contribution in [2.45, 2.75) is 51.2 Å². The smallest absolute Gasteiger partial charge is 0.127 e. The van der Waals surface area contributed by atoms with Crippen molar-refractivity contribution in [3.63, 3.8) is 0 Å². The molecule has 0 bridgehead atoms. The Morgan fingerprint density at radius 2 is 2.05 bits per heavy atom. The van der Waals surface area contributed by atoms with Crippen LogP contribution in [0.1, 0.15) is 38.7 Å². The second-order valence-corrected chi connectivity index (χ2v) is 5.84. The molecular formula is C15H20Cl2N2. The van der Waals surface area contributed by atoms with Crippen LogP contribution in [0.25, 0.3) is 0 Å². The molecule has 2 rings (SSSR count). The Balaban J connectivity index is 2.13. The summed E-state index contributed by atoms with van der Waals surface area (Å²) in [6, 6.07) is 8.07. The van der Waals surface area contributed by atoms with Gasteiger partial charge >= 0.3 is 0 Å². The second kappa shape index (κ2) is 6.62. The van der Waals surface area contributed by atoms with E-state index in [1.165, 1.54) is 6.42 Å². The van der Waals surface area contributed by atoms with Crippen LogP contribution in [0, 0.1) is 0 Å². The summed E-state index contributed by atoms with van der Waals surface area (Å²) < 4.78 is 0. The minimum Gasteiger partial charge on any atom is -0.337 e. The van der Waals surface area contributed by atoms with E-state index < -0.39 is 0 Å². The van der Waals surface area contributed by atoms with Gasteiger partial charge in [0.05, 0.1) is 6.04 Å². The van der Waals surface area contributed by atoms with Gasteiger partial charge in [-0.05, 0) is 25.0 Å². The van der Waals surface area contributed by atoms with Crippen molar-refractivity contribution in [2.75, 3.05) is 0 Å². The highest BCUT2D eigenvalue weighted by atomic mass is 35.5. The summed E-state index contributed by atoms with van der Waals surface area (Å²) in [6.45, 7) is 4.99. The van der Waals surface area contributed by atoms with E-state index in [-0.39, 0.29) is 11.5 Å². The molecule has 19 heavy (non-hydrogen) atoms. The molecule has 2 unspecified atom stereocenters. The molecule has 104 valence electrons. The van der Waals surface area contributed by atoms with Crippen LogP contribution in [-0.2, 0) is 6.54 Å². The zero-order chi connectivity index (χ0) is 13.8. The lowest BCUT2D eigenvalue weighted by Gasteiger charge is -2.26. The molecule has 1 aromatic rings. The fourth-order valence-electron chi connectivity index (χ4n) is 2.31. The lowest BCUT2D eigenvalue weighted by molar-refractivity contribution is 0.380. The van der Waals surface area contributed by atoms with Crippen LogP contribution < -0.4 is 0 Å². The predicted molar refractivity (Wildman–Crippen MR) is 83.1 cm³/mol. The zero-order valence-corrected chi connectivity index (χ0v) is 13.0. The molecule has 0 amide bonds. The Labute approximate surface area is 125 Å². The number of hydrogen-bond donors (Lipinski definition) is 0. The molecule has 0 aliphatic carbocycles. The van der Waals surface area contributed by atoms with E-state index in [0.717, 1.165) is 35.8 Å². The third-order valence-corrected chi connectivity index (χ3v) is 4.40. The maximum Gasteiger partial charge on any atom is 0.127 e. The fourth-order valence-corrected chi connectivity index (χ4v) is 2.74. The van der Waals surface area contributed by atoms with Crippen LogP contribution in [0.2, 0.25) is 5.02 Å². The molecule has 1 aromatic carbocycles. The molecule has 1 heterocycles. The SMILES string of the molecule is CCCCC1=NC(C)C(Cl)N1Cc1ccccc1Cl. The van der Waals surface area contributed by atoms with Gasteiger partial charge in [0.15, 0.2) is 0 Å². The van der Waals surface area contributed by atoms with Gasteiger partial charge in [0.25, 0.3) is 0 Å². The van der Waals surface area contributed by atoms with Crippen LogP contribution >= 0.6 is 23.2 Å². The van der Waals surface area contributed by atoms with Crippen molar-refractivity contribution in [3.05, 3.63) is 34.9 Å². The normalized spacial score (nSPS) is 22.7. The third kappa shape index (κ3) is 3.43. The van der Waals surface area contributed by atoms with Gasteiger partial charge < -0.3 is 4.90 Å². The molecule has 0 radical (unpaired) electrons. The first-order valence-corrected chi connectivity index (χ1v) is 7.65. The maximum atomic E-state index is 6.47. The average molecular weight is 299 g/mol. The topological polar surface area (TPSA) is 15.6 Å². The van der Waals surface area contributed by atoms with Crippen LogP contribution in [0.4, 0.5) is 0 Å². The predicted octanol–water partition coefficient (Wildman–Crippen LogP) is 4.70. The lowest BCUT2D eigenvalue weighted by Crippen LogP contribution is -2.34. The summed E-state index contributed by atoms with van der Waals surface area (Å²) in [7, 11) is 0. The van der Waals surface area contributed by atoms with Gasteiger partial charge in [0, 0.05) is 18.0 Å². The number of alkyl halides is 1. The third-order valence-electron chi connectivity index (χ3n) is 3.43. The highest BCUT2D eigenvalue weighted by Crippen LogP contribution is 2.27. The van der Waals surface area contributed by atoms with E-state index in [0.29, 0.717) is 0 Å². The number of nitrogens with zero attached hydrogens (tertiary/aromatic N) is 2. The molecular weight excluding hydrogens is 279 g/mol. The van der Waals surface area contributed by atoms with Gasteiger partial charge in [-0.3, -0.25) is 4.99 Å². The number of amidine groups is 1.